The summed E-state index contributed by atoms with van der Waals surface area (Å²) in [5.74, 6) is 0.868. The lowest BCUT2D eigenvalue weighted by Gasteiger charge is -2.49. The molecule has 1 N–H and O–H groups in total. The summed E-state index contributed by atoms with van der Waals surface area (Å²) in [4.78, 5) is 18.8. The molecule has 2 fully saturated rings. The highest BCUT2D eigenvalue weighted by molar-refractivity contribution is 5.76. The second-order valence-corrected chi connectivity index (χ2v) is 7.65. The molecule has 9 heteroatoms. The van der Waals surface area contributed by atoms with Gasteiger partial charge in [0, 0.05) is 44.7 Å². The zero-order valence-corrected chi connectivity index (χ0v) is 16.2. The number of aromatic nitrogens is 4. The Morgan fingerprint density at radius 1 is 1.14 bits per heavy atom. The first-order valence-electron chi connectivity index (χ1n) is 9.82. The number of piperazine rings is 1. The van der Waals surface area contributed by atoms with Crippen LogP contribution in [0.25, 0.3) is 5.69 Å². The number of carbonyl (C=O) groups is 1. The van der Waals surface area contributed by atoms with E-state index in [9.17, 15) is 9.90 Å². The molecule has 1 aromatic heterocycles. The number of carbonyl (C=O) groups excluding carboxylic acids is 1. The minimum atomic E-state index is -0.106. The molecule has 9 nitrogen and oxygen atoms in total. The Balaban J connectivity index is 1.58. The van der Waals surface area contributed by atoms with Gasteiger partial charge in [0.25, 0.3) is 0 Å². The van der Waals surface area contributed by atoms with Gasteiger partial charge >= 0.3 is 0 Å². The number of benzene rings is 1. The maximum atomic E-state index is 12.4. The molecule has 0 bridgehead atoms. The maximum absolute atomic E-state index is 12.4. The van der Waals surface area contributed by atoms with Crippen LogP contribution in [0.5, 0.6) is 0 Å². The van der Waals surface area contributed by atoms with Gasteiger partial charge in [0.15, 0.2) is 0 Å². The molecule has 0 aliphatic carbocycles. The van der Waals surface area contributed by atoms with E-state index in [0.717, 1.165) is 44.1 Å². The van der Waals surface area contributed by atoms with Crippen LogP contribution in [0.2, 0.25) is 0 Å². The first-order chi connectivity index (χ1) is 13.6. The van der Waals surface area contributed by atoms with Gasteiger partial charge in [-0.15, -0.1) is 0 Å². The quantitative estimate of drug-likeness (QED) is 0.802. The van der Waals surface area contributed by atoms with Crippen LogP contribution < -0.4 is 4.90 Å². The average molecular weight is 385 g/mol. The number of amides is 1. The minimum Gasteiger partial charge on any atom is -0.395 e. The summed E-state index contributed by atoms with van der Waals surface area (Å²) in [5, 5.41) is 21.7. The molecule has 1 amide bonds. The van der Waals surface area contributed by atoms with Gasteiger partial charge in [-0.05, 0) is 42.4 Å². The molecule has 1 spiro atoms. The van der Waals surface area contributed by atoms with Gasteiger partial charge in [-0.2, -0.15) is 4.68 Å². The number of hydrogen-bond acceptors (Lipinski definition) is 7. The lowest BCUT2D eigenvalue weighted by atomic mass is 9.86. The third kappa shape index (κ3) is 3.47. The van der Waals surface area contributed by atoms with Gasteiger partial charge in [-0.3, -0.25) is 9.69 Å². The maximum Gasteiger partial charge on any atom is 0.250 e. The lowest BCUT2D eigenvalue weighted by Crippen LogP contribution is -2.61. The molecule has 1 aromatic carbocycles. The zero-order valence-electron chi connectivity index (χ0n) is 16.2. The van der Waals surface area contributed by atoms with Crippen LogP contribution in [-0.4, -0.2) is 92.9 Å². The zero-order chi connectivity index (χ0) is 19.6. The summed E-state index contributed by atoms with van der Waals surface area (Å²) in [6, 6.07) is 9.89. The number of tetrazole rings is 1. The van der Waals surface area contributed by atoms with Crippen molar-refractivity contribution in [2.75, 3.05) is 51.3 Å². The molecule has 28 heavy (non-hydrogen) atoms. The molecule has 2 aliphatic rings. The molecule has 1 atom stereocenters. The van der Waals surface area contributed by atoms with Crippen LogP contribution in [0.3, 0.4) is 0 Å². The molecule has 150 valence electrons. The fourth-order valence-electron chi connectivity index (χ4n) is 4.34. The van der Waals surface area contributed by atoms with Crippen molar-refractivity contribution in [2.45, 2.75) is 24.8 Å². The van der Waals surface area contributed by atoms with E-state index in [1.165, 1.54) is 0 Å². The molecular formula is C19H27N7O2. The van der Waals surface area contributed by atoms with Crippen LogP contribution >= 0.6 is 0 Å². The number of likely N-dealkylation sites (tertiary alicyclic amines) is 1. The predicted molar refractivity (Wildman–Crippen MR) is 104 cm³/mol. The number of para-hydroxylation sites is 1. The molecule has 2 aliphatic heterocycles. The Kier molecular flexibility index (Phi) is 5.27. The van der Waals surface area contributed by atoms with Crippen molar-refractivity contribution in [2.24, 2.45) is 0 Å². The van der Waals surface area contributed by atoms with Crippen molar-refractivity contribution < 1.29 is 9.90 Å². The van der Waals surface area contributed by atoms with E-state index < -0.39 is 0 Å². The fourth-order valence-corrected chi connectivity index (χ4v) is 4.34. The molecule has 0 unspecified atom stereocenters. The normalized spacial score (nSPS) is 24.0. The van der Waals surface area contributed by atoms with Gasteiger partial charge in [-0.25, -0.2) is 0 Å². The van der Waals surface area contributed by atoms with Crippen LogP contribution in [0.1, 0.15) is 19.3 Å². The van der Waals surface area contributed by atoms with Gasteiger partial charge in [0.05, 0.1) is 12.3 Å². The molecule has 3 heterocycles. The van der Waals surface area contributed by atoms with E-state index >= 15 is 0 Å². The molecule has 4 rings (SSSR count). The summed E-state index contributed by atoms with van der Waals surface area (Å²) < 4.78 is 1.78. The van der Waals surface area contributed by atoms with Gasteiger partial charge in [0.1, 0.15) is 0 Å². The van der Waals surface area contributed by atoms with Crippen molar-refractivity contribution >= 4 is 11.9 Å². The average Bonchev–Trinajstić information content (AvgIpc) is 3.16. The van der Waals surface area contributed by atoms with Crippen LogP contribution in [0.4, 0.5) is 5.95 Å². The molecule has 2 saturated heterocycles. The lowest BCUT2D eigenvalue weighted by molar-refractivity contribution is -0.131. The number of nitrogens with zero attached hydrogens (tertiary/aromatic N) is 7. The van der Waals surface area contributed by atoms with Crippen molar-refractivity contribution in [3.63, 3.8) is 0 Å². The van der Waals surface area contributed by atoms with Gasteiger partial charge in [-0.1, -0.05) is 23.3 Å². The van der Waals surface area contributed by atoms with E-state index in [-0.39, 0.29) is 18.1 Å². The number of anilines is 1. The molecular weight excluding hydrogens is 358 g/mol. The number of β-amino-alcohol motifs (C(OH)–C–C–N with tert-alkyl or cyclic N) is 1. The van der Waals surface area contributed by atoms with E-state index in [2.05, 4.69) is 32.4 Å². The Morgan fingerprint density at radius 3 is 2.75 bits per heavy atom. The summed E-state index contributed by atoms with van der Waals surface area (Å²) in [6.45, 7) is 3.58. The Bertz CT molecular complexity index is 812. The molecule has 0 radical (unpaired) electrons. The standard InChI is InChI=1S/C19H27N7O2/c1-23-11-12-25(18-20-21-22-26(18)16-5-3-2-4-6-16)15-19(23)8-7-17(28)24(10-9-19)13-14-27/h2-6,27H,7-15H2,1H3/t19-/m1/s1. The number of rotatable bonds is 4. The topological polar surface area (TPSA) is 90.6 Å². The van der Waals surface area contributed by atoms with Crippen molar-refractivity contribution in [1.82, 2.24) is 30.0 Å². The Morgan fingerprint density at radius 2 is 1.96 bits per heavy atom. The monoisotopic (exact) mass is 385 g/mol. The third-order valence-electron chi connectivity index (χ3n) is 6.11. The second kappa shape index (κ2) is 7.84. The first kappa shape index (κ1) is 18.8. The van der Waals surface area contributed by atoms with Crippen molar-refractivity contribution in [3.8, 4) is 5.69 Å². The second-order valence-electron chi connectivity index (χ2n) is 7.65. The summed E-state index contributed by atoms with van der Waals surface area (Å²) in [5.41, 5.74) is 0.826. The Labute approximate surface area is 164 Å². The largest absolute Gasteiger partial charge is 0.395 e. The van der Waals surface area contributed by atoms with Crippen LogP contribution in [0, 0.1) is 0 Å². The van der Waals surface area contributed by atoms with E-state index in [4.69, 9.17) is 0 Å². The van der Waals surface area contributed by atoms with E-state index in [1.54, 1.807) is 9.58 Å². The highest BCUT2D eigenvalue weighted by Crippen LogP contribution is 2.33. The smallest absolute Gasteiger partial charge is 0.250 e. The highest BCUT2D eigenvalue weighted by atomic mass is 16.3. The van der Waals surface area contributed by atoms with Crippen LogP contribution in [0.15, 0.2) is 30.3 Å². The SMILES string of the molecule is CN1CCN(c2nnnn2-c2ccccc2)C[C@]12CCC(=O)N(CCO)CC2. The predicted octanol–water partition coefficient (Wildman–Crippen LogP) is 0.158. The fraction of sp³-hybridized carbons (Fsp3) is 0.579. The highest BCUT2D eigenvalue weighted by Gasteiger charge is 2.43. The number of hydrogen-bond donors (Lipinski definition) is 1. The third-order valence-corrected chi connectivity index (χ3v) is 6.11. The minimum absolute atomic E-state index is 0.00650. The molecule has 2 aromatic rings. The summed E-state index contributed by atoms with van der Waals surface area (Å²) in [7, 11) is 2.14. The van der Waals surface area contributed by atoms with Crippen molar-refractivity contribution in [1.29, 1.82) is 0 Å². The number of aliphatic hydroxyl groups excluding tert-OH is 1. The molecule has 0 saturated carbocycles. The van der Waals surface area contributed by atoms with E-state index in [1.807, 2.05) is 30.3 Å². The van der Waals surface area contributed by atoms with Crippen LogP contribution in [-0.2, 0) is 4.79 Å². The summed E-state index contributed by atoms with van der Waals surface area (Å²) >= 11 is 0. The Hall–Kier alpha value is -2.52. The van der Waals surface area contributed by atoms with Gasteiger partial charge < -0.3 is 14.9 Å². The number of likely N-dealkylation sites (N-methyl/N-ethyl adjacent to an activating group) is 1. The van der Waals surface area contributed by atoms with E-state index in [0.29, 0.717) is 19.5 Å². The van der Waals surface area contributed by atoms with Crippen molar-refractivity contribution in [3.05, 3.63) is 30.3 Å². The number of aliphatic hydroxyl groups is 1. The van der Waals surface area contributed by atoms with Gasteiger partial charge in [0.2, 0.25) is 11.9 Å². The summed E-state index contributed by atoms with van der Waals surface area (Å²) in [6.07, 6.45) is 2.17. The first-order valence-corrected chi connectivity index (χ1v) is 9.82.